The second-order valence-electron chi connectivity index (χ2n) is 4.49. The molecule has 2 amide bonds. The van der Waals surface area contributed by atoms with E-state index in [0.717, 1.165) is 0 Å². The fraction of sp³-hybridized carbons (Fsp3) is 0.200. The van der Waals surface area contributed by atoms with Crippen LogP contribution in [0.25, 0.3) is 0 Å². The van der Waals surface area contributed by atoms with Crippen LogP contribution in [0.5, 0.6) is 0 Å². The van der Waals surface area contributed by atoms with E-state index in [2.05, 4.69) is 10.6 Å². The lowest BCUT2D eigenvalue weighted by atomic mass is 10.2. The molecule has 116 valence electrons. The van der Waals surface area contributed by atoms with Gasteiger partial charge in [-0.3, -0.25) is 9.59 Å². The minimum Gasteiger partial charge on any atom is -0.351 e. The number of hydrogen-bond acceptors (Lipinski definition) is 3. The van der Waals surface area contributed by atoms with E-state index in [1.54, 1.807) is 18.2 Å². The SMILES string of the molecule is O=C(CCCNC(=O)c1cccs1)Nc1cccc(Cl)c1F. The third-order valence-corrected chi connectivity index (χ3v) is 4.00. The predicted octanol–water partition coefficient (Wildman–Crippen LogP) is 3.69. The quantitative estimate of drug-likeness (QED) is 0.788. The van der Waals surface area contributed by atoms with Crippen molar-refractivity contribution in [3.05, 3.63) is 51.4 Å². The lowest BCUT2D eigenvalue weighted by molar-refractivity contribution is -0.116. The highest BCUT2D eigenvalue weighted by atomic mass is 35.5. The first-order valence-electron chi connectivity index (χ1n) is 6.63. The summed E-state index contributed by atoms with van der Waals surface area (Å²) in [4.78, 5) is 24.0. The zero-order valence-electron chi connectivity index (χ0n) is 11.6. The number of halogens is 2. The number of amides is 2. The van der Waals surface area contributed by atoms with Gasteiger partial charge in [0.25, 0.3) is 5.91 Å². The van der Waals surface area contributed by atoms with Gasteiger partial charge in [0, 0.05) is 13.0 Å². The number of anilines is 1. The molecule has 0 bridgehead atoms. The van der Waals surface area contributed by atoms with E-state index in [1.807, 2.05) is 5.38 Å². The molecule has 0 aliphatic heterocycles. The van der Waals surface area contributed by atoms with Crippen molar-refractivity contribution in [2.75, 3.05) is 11.9 Å². The highest BCUT2D eigenvalue weighted by Crippen LogP contribution is 2.22. The molecule has 2 N–H and O–H groups in total. The molecule has 0 fully saturated rings. The Morgan fingerprint density at radius 1 is 1.23 bits per heavy atom. The number of nitrogens with one attached hydrogen (secondary N) is 2. The molecule has 22 heavy (non-hydrogen) atoms. The number of carbonyl (C=O) groups is 2. The average molecular weight is 341 g/mol. The first kappa shape index (κ1) is 16.5. The topological polar surface area (TPSA) is 58.2 Å². The fourth-order valence-corrected chi connectivity index (χ4v) is 2.57. The molecule has 0 unspecified atom stereocenters. The van der Waals surface area contributed by atoms with Crippen LogP contribution in [0.4, 0.5) is 10.1 Å². The van der Waals surface area contributed by atoms with Crippen molar-refractivity contribution in [3.63, 3.8) is 0 Å². The number of benzene rings is 1. The Labute approximate surface area is 136 Å². The van der Waals surface area contributed by atoms with E-state index >= 15 is 0 Å². The summed E-state index contributed by atoms with van der Waals surface area (Å²) in [6.07, 6.45) is 0.641. The van der Waals surface area contributed by atoms with Crippen LogP contribution in [-0.4, -0.2) is 18.4 Å². The molecule has 0 radical (unpaired) electrons. The molecule has 7 heteroatoms. The van der Waals surface area contributed by atoms with Crippen LogP contribution < -0.4 is 10.6 Å². The van der Waals surface area contributed by atoms with Gasteiger partial charge in [-0.2, -0.15) is 0 Å². The highest BCUT2D eigenvalue weighted by Gasteiger charge is 2.10. The maximum absolute atomic E-state index is 13.6. The number of hydrogen-bond donors (Lipinski definition) is 2. The molecule has 0 atom stereocenters. The van der Waals surface area contributed by atoms with Crippen molar-refractivity contribution in [1.82, 2.24) is 5.32 Å². The molecule has 0 saturated carbocycles. The minimum atomic E-state index is -0.650. The molecule has 4 nitrogen and oxygen atoms in total. The standard InChI is InChI=1S/C15H14ClFN2O2S/c16-10-4-1-5-11(14(10)17)19-13(20)7-2-8-18-15(21)12-6-3-9-22-12/h1,3-6,9H,2,7-8H2,(H,18,21)(H,19,20). The monoisotopic (exact) mass is 340 g/mol. The summed E-state index contributed by atoms with van der Waals surface area (Å²) in [5.41, 5.74) is 0.0557. The molecular formula is C15H14ClFN2O2S. The Morgan fingerprint density at radius 3 is 2.77 bits per heavy atom. The van der Waals surface area contributed by atoms with Gasteiger partial charge in [-0.15, -0.1) is 11.3 Å². The van der Waals surface area contributed by atoms with Gasteiger partial charge in [0.05, 0.1) is 15.6 Å². The van der Waals surface area contributed by atoms with Gasteiger partial charge in [-0.1, -0.05) is 23.7 Å². The van der Waals surface area contributed by atoms with Gasteiger partial charge in [-0.05, 0) is 30.0 Å². The normalized spacial score (nSPS) is 10.3. The summed E-state index contributed by atoms with van der Waals surface area (Å²) >= 11 is 6.99. The van der Waals surface area contributed by atoms with E-state index in [-0.39, 0.29) is 28.9 Å². The van der Waals surface area contributed by atoms with Crippen molar-refractivity contribution in [3.8, 4) is 0 Å². The van der Waals surface area contributed by atoms with Crippen molar-refractivity contribution < 1.29 is 14.0 Å². The average Bonchev–Trinajstić information content (AvgIpc) is 3.02. The molecule has 1 aromatic carbocycles. The van der Waals surface area contributed by atoms with Crippen LogP contribution in [0.2, 0.25) is 5.02 Å². The van der Waals surface area contributed by atoms with Crippen LogP contribution in [0.1, 0.15) is 22.5 Å². The molecule has 0 spiro atoms. The highest BCUT2D eigenvalue weighted by molar-refractivity contribution is 7.12. The van der Waals surface area contributed by atoms with Gasteiger partial charge in [-0.25, -0.2) is 4.39 Å². The van der Waals surface area contributed by atoms with Crippen molar-refractivity contribution in [2.45, 2.75) is 12.8 Å². The van der Waals surface area contributed by atoms with Crippen LogP contribution in [0, 0.1) is 5.82 Å². The summed E-state index contributed by atoms with van der Waals surface area (Å²) < 4.78 is 13.6. The van der Waals surface area contributed by atoms with Gasteiger partial charge in [0.2, 0.25) is 5.91 Å². The minimum absolute atomic E-state index is 0.0407. The Hall–Kier alpha value is -1.92. The Balaban J connectivity index is 1.72. The van der Waals surface area contributed by atoms with Crippen LogP contribution >= 0.6 is 22.9 Å². The third kappa shape index (κ3) is 4.54. The number of rotatable bonds is 6. The van der Waals surface area contributed by atoms with E-state index in [1.165, 1.54) is 23.5 Å². The zero-order valence-corrected chi connectivity index (χ0v) is 13.1. The summed E-state index contributed by atoms with van der Waals surface area (Å²) in [6, 6.07) is 7.94. The fourth-order valence-electron chi connectivity index (χ4n) is 1.76. The first-order chi connectivity index (χ1) is 10.6. The van der Waals surface area contributed by atoms with Crippen molar-refractivity contribution in [2.24, 2.45) is 0 Å². The van der Waals surface area contributed by atoms with Gasteiger partial charge < -0.3 is 10.6 Å². The van der Waals surface area contributed by atoms with Crippen LogP contribution in [0.3, 0.4) is 0 Å². The smallest absolute Gasteiger partial charge is 0.261 e. The molecule has 0 aliphatic rings. The van der Waals surface area contributed by atoms with E-state index in [9.17, 15) is 14.0 Å². The molecule has 0 aliphatic carbocycles. The molecule has 2 rings (SSSR count). The summed E-state index contributed by atoms with van der Waals surface area (Å²) in [6.45, 7) is 0.377. The summed E-state index contributed by atoms with van der Waals surface area (Å²) in [7, 11) is 0. The van der Waals surface area contributed by atoms with Crippen LogP contribution in [-0.2, 0) is 4.79 Å². The second kappa shape index (κ2) is 7.91. The number of carbonyl (C=O) groups excluding carboxylic acids is 2. The van der Waals surface area contributed by atoms with E-state index < -0.39 is 5.82 Å². The summed E-state index contributed by atoms with van der Waals surface area (Å²) in [5.74, 6) is -1.13. The van der Waals surface area contributed by atoms with E-state index in [0.29, 0.717) is 17.8 Å². The van der Waals surface area contributed by atoms with Gasteiger partial charge in [0.1, 0.15) is 0 Å². The predicted molar refractivity (Wildman–Crippen MR) is 85.9 cm³/mol. The zero-order chi connectivity index (χ0) is 15.9. The Bertz CT molecular complexity index is 662. The van der Waals surface area contributed by atoms with Crippen molar-refractivity contribution >= 4 is 40.4 Å². The van der Waals surface area contributed by atoms with E-state index in [4.69, 9.17) is 11.6 Å². The van der Waals surface area contributed by atoms with Gasteiger partial charge >= 0.3 is 0 Å². The molecular weight excluding hydrogens is 327 g/mol. The maximum atomic E-state index is 13.6. The van der Waals surface area contributed by atoms with Gasteiger partial charge in [0.15, 0.2) is 5.82 Å². The van der Waals surface area contributed by atoms with Crippen molar-refractivity contribution in [1.29, 1.82) is 0 Å². The maximum Gasteiger partial charge on any atom is 0.261 e. The third-order valence-electron chi connectivity index (χ3n) is 2.84. The lowest BCUT2D eigenvalue weighted by Gasteiger charge is -2.07. The lowest BCUT2D eigenvalue weighted by Crippen LogP contribution is -2.24. The summed E-state index contributed by atoms with van der Waals surface area (Å²) in [5, 5.41) is 6.96. The number of thiophene rings is 1. The molecule has 2 aromatic rings. The molecule has 0 saturated heterocycles. The second-order valence-corrected chi connectivity index (χ2v) is 5.84. The largest absolute Gasteiger partial charge is 0.351 e. The Kier molecular flexibility index (Phi) is 5.91. The van der Waals surface area contributed by atoms with Crippen LogP contribution in [0.15, 0.2) is 35.7 Å². The first-order valence-corrected chi connectivity index (χ1v) is 7.89. The molecule has 1 aromatic heterocycles. The Morgan fingerprint density at radius 2 is 2.05 bits per heavy atom. The molecule has 1 heterocycles.